The number of carbonyl (C=O) groups is 1. The van der Waals surface area contributed by atoms with Gasteiger partial charge in [0.25, 0.3) is 5.91 Å². The average molecular weight is 142 g/mol. The lowest BCUT2D eigenvalue weighted by atomic mass is 10.1. The topological polar surface area (TPSA) is 40.2 Å². The zero-order valence-corrected chi connectivity index (χ0v) is 6.01. The number of amides is 1. The lowest BCUT2D eigenvalue weighted by Crippen LogP contribution is -2.37. The van der Waals surface area contributed by atoms with E-state index in [1.54, 1.807) is 4.90 Å². The number of rotatable bonds is 1. The monoisotopic (exact) mass is 142 g/mol. The Kier molecular flexibility index (Phi) is 2.68. The van der Waals surface area contributed by atoms with Crippen LogP contribution in [0.5, 0.6) is 0 Å². The van der Waals surface area contributed by atoms with Crippen LogP contribution >= 0.6 is 0 Å². The molecule has 1 aliphatic rings. The van der Waals surface area contributed by atoms with Gasteiger partial charge < -0.3 is 4.90 Å². The molecule has 0 saturated carbocycles. The van der Waals surface area contributed by atoms with Crippen molar-refractivity contribution in [1.29, 1.82) is 0 Å². The second kappa shape index (κ2) is 3.56. The van der Waals surface area contributed by atoms with Crippen LogP contribution in [0.3, 0.4) is 0 Å². The molecule has 1 saturated heterocycles. The van der Waals surface area contributed by atoms with Crippen molar-refractivity contribution in [3.05, 3.63) is 0 Å². The van der Waals surface area contributed by atoms with E-state index in [1.807, 2.05) is 0 Å². The third-order valence-corrected chi connectivity index (χ3v) is 1.83. The molecule has 0 spiro atoms. The predicted molar refractivity (Wildman–Crippen MR) is 36.0 cm³/mol. The van der Waals surface area contributed by atoms with Crippen LogP contribution in [0.2, 0.25) is 0 Å². The molecule has 1 heterocycles. The molecule has 0 aromatic rings. The Morgan fingerprint density at radius 3 is 2.30 bits per heavy atom. The van der Waals surface area contributed by atoms with Gasteiger partial charge in [-0.25, -0.2) is 5.11 Å². The van der Waals surface area contributed by atoms with Crippen LogP contribution in [0.15, 0.2) is 0 Å². The van der Waals surface area contributed by atoms with Gasteiger partial charge in [-0.2, -0.15) is 0 Å². The summed E-state index contributed by atoms with van der Waals surface area (Å²) in [6.07, 6.45) is 3.32. The minimum atomic E-state index is -0.583. The van der Waals surface area contributed by atoms with Crippen LogP contribution in [0.25, 0.3) is 0 Å². The molecule has 0 bridgehead atoms. The molecule has 0 aliphatic carbocycles. The SMILES string of the molecule is [O]CC(=O)N1CCCCC1. The second-order valence-electron chi connectivity index (χ2n) is 2.59. The highest BCUT2D eigenvalue weighted by Gasteiger charge is 2.14. The van der Waals surface area contributed by atoms with Gasteiger partial charge in [0.2, 0.25) is 0 Å². The van der Waals surface area contributed by atoms with Crippen LogP contribution in [0, 0.1) is 0 Å². The molecule has 1 amide bonds. The zero-order valence-electron chi connectivity index (χ0n) is 6.01. The van der Waals surface area contributed by atoms with Gasteiger partial charge in [-0.05, 0) is 19.3 Å². The van der Waals surface area contributed by atoms with Crippen LogP contribution in [0.1, 0.15) is 19.3 Å². The van der Waals surface area contributed by atoms with Gasteiger partial charge >= 0.3 is 0 Å². The number of hydrogen-bond acceptors (Lipinski definition) is 1. The quantitative estimate of drug-likeness (QED) is 0.523. The van der Waals surface area contributed by atoms with Crippen LogP contribution in [0.4, 0.5) is 0 Å². The summed E-state index contributed by atoms with van der Waals surface area (Å²) in [6.45, 7) is 1.00. The van der Waals surface area contributed by atoms with Gasteiger partial charge in [-0.15, -0.1) is 0 Å². The standard InChI is InChI=1S/C7H12NO2/c9-6-7(10)8-4-2-1-3-5-8/h1-6H2. The molecule has 1 aliphatic heterocycles. The van der Waals surface area contributed by atoms with Gasteiger partial charge in [0.1, 0.15) is 0 Å². The Bertz CT molecular complexity index is 119. The molecule has 0 unspecified atom stereocenters. The van der Waals surface area contributed by atoms with E-state index in [4.69, 9.17) is 0 Å². The van der Waals surface area contributed by atoms with E-state index < -0.39 is 6.61 Å². The van der Waals surface area contributed by atoms with Crippen molar-refractivity contribution in [2.45, 2.75) is 19.3 Å². The number of hydrogen-bond donors (Lipinski definition) is 0. The summed E-state index contributed by atoms with van der Waals surface area (Å²) in [5.41, 5.74) is 0. The molecular weight excluding hydrogens is 130 g/mol. The molecule has 57 valence electrons. The Morgan fingerprint density at radius 2 is 1.80 bits per heavy atom. The molecule has 1 rings (SSSR count). The highest BCUT2D eigenvalue weighted by Crippen LogP contribution is 2.07. The maximum absolute atomic E-state index is 10.8. The van der Waals surface area contributed by atoms with Crippen molar-refractivity contribution < 1.29 is 9.90 Å². The highest BCUT2D eigenvalue weighted by molar-refractivity contribution is 5.77. The molecule has 3 nitrogen and oxygen atoms in total. The Morgan fingerprint density at radius 1 is 1.20 bits per heavy atom. The Balaban J connectivity index is 2.31. The summed E-state index contributed by atoms with van der Waals surface area (Å²) in [5.74, 6) is -0.236. The molecule has 1 radical (unpaired) electrons. The number of likely N-dealkylation sites (tertiary alicyclic amines) is 1. The van der Waals surface area contributed by atoms with Crippen LogP contribution in [-0.4, -0.2) is 30.5 Å². The van der Waals surface area contributed by atoms with Gasteiger partial charge in [0, 0.05) is 13.1 Å². The fraction of sp³-hybridized carbons (Fsp3) is 0.857. The lowest BCUT2D eigenvalue weighted by Gasteiger charge is -2.25. The molecule has 1 fully saturated rings. The normalized spacial score (nSPS) is 19.1. The number of piperidine rings is 1. The fourth-order valence-corrected chi connectivity index (χ4v) is 1.23. The highest BCUT2D eigenvalue weighted by atomic mass is 16.3. The lowest BCUT2D eigenvalue weighted by molar-refractivity contribution is -0.136. The van der Waals surface area contributed by atoms with E-state index in [0.29, 0.717) is 0 Å². The summed E-state index contributed by atoms with van der Waals surface area (Å²) in [6, 6.07) is 0. The van der Waals surface area contributed by atoms with E-state index in [9.17, 15) is 9.90 Å². The molecule has 0 aromatic carbocycles. The Hall–Kier alpha value is -0.570. The maximum atomic E-state index is 10.8. The van der Waals surface area contributed by atoms with Gasteiger partial charge in [-0.3, -0.25) is 4.79 Å². The fourth-order valence-electron chi connectivity index (χ4n) is 1.23. The van der Waals surface area contributed by atoms with E-state index >= 15 is 0 Å². The summed E-state index contributed by atoms with van der Waals surface area (Å²) in [5, 5.41) is 10.1. The van der Waals surface area contributed by atoms with Crippen molar-refractivity contribution in [2.24, 2.45) is 0 Å². The summed E-state index contributed by atoms with van der Waals surface area (Å²) in [4.78, 5) is 12.4. The first-order valence-corrected chi connectivity index (χ1v) is 3.70. The summed E-state index contributed by atoms with van der Waals surface area (Å²) in [7, 11) is 0. The van der Waals surface area contributed by atoms with Gasteiger partial charge in [0.15, 0.2) is 6.61 Å². The molecule has 0 aromatic heterocycles. The second-order valence-corrected chi connectivity index (χ2v) is 2.59. The first-order chi connectivity index (χ1) is 4.84. The largest absolute Gasteiger partial charge is 0.341 e. The Labute approximate surface area is 60.6 Å². The summed E-state index contributed by atoms with van der Waals surface area (Å²) >= 11 is 0. The smallest absolute Gasteiger partial charge is 0.251 e. The zero-order chi connectivity index (χ0) is 7.40. The van der Waals surface area contributed by atoms with Crippen LogP contribution < -0.4 is 0 Å². The first kappa shape index (κ1) is 7.54. The molecule has 0 atom stereocenters. The van der Waals surface area contributed by atoms with E-state index in [0.717, 1.165) is 25.9 Å². The minimum Gasteiger partial charge on any atom is -0.341 e. The van der Waals surface area contributed by atoms with Crippen molar-refractivity contribution in [2.75, 3.05) is 19.7 Å². The van der Waals surface area contributed by atoms with E-state index in [2.05, 4.69) is 0 Å². The third kappa shape index (κ3) is 1.70. The summed E-state index contributed by atoms with van der Waals surface area (Å²) < 4.78 is 0. The van der Waals surface area contributed by atoms with Crippen molar-refractivity contribution in [3.63, 3.8) is 0 Å². The number of nitrogens with zero attached hydrogens (tertiary/aromatic N) is 1. The average Bonchev–Trinajstić information content (AvgIpc) is 2.05. The van der Waals surface area contributed by atoms with Gasteiger partial charge in [0.05, 0.1) is 0 Å². The predicted octanol–water partition coefficient (Wildman–Crippen LogP) is 0.429. The van der Waals surface area contributed by atoms with Crippen molar-refractivity contribution in [3.8, 4) is 0 Å². The van der Waals surface area contributed by atoms with Crippen molar-refractivity contribution in [1.82, 2.24) is 4.90 Å². The third-order valence-electron chi connectivity index (χ3n) is 1.83. The van der Waals surface area contributed by atoms with E-state index in [-0.39, 0.29) is 5.91 Å². The molecule has 10 heavy (non-hydrogen) atoms. The molecule has 3 heteroatoms. The van der Waals surface area contributed by atoms with E-state index in [1.165, 1.54) is 6.42 Å². The van der Waals surface area contributed by atoms with Crippen LogP contribution in [-0.2, 0) is 9.90 Å². The van der Waals surface area contributed by atoms with Gasteiger partial charge in [-0.1, -0.05) is 0 Å². The minimum absolute atomic E-state index is 0.236. The maximum Gasteiger partial charge on any atom is 0.251 e. The molecular formula is C7H12NO2. The first-order valence-electron chi connectivity index (χ1n) is 3.70. The van der Waals surface area contributed by atoms with Crippen molar-refractivity contribution >= 4 is 5.91 Å². The number of carbonyl (C=O) groups excluding carboxylic acids is 1. The molecule has 0 N–H and O–H groups in total.